The highest BCUT2D eigenvalue weighted by atomic mass is 35.5. The number of nitrogens with zero attached hydrogens (tertiary/aromatic N) is 2. The van der Waals surface area contributed by atoms with Gasteiger partial charge in [0.2, 0.25) is 0 Å². The molecule has 0 spiro atoms. The second-order valence-electron chi connectivity index (χ2n) is 5.90. The van der Waals surface area contributed by atoms with E-state index in [2.05, 4.69) is 15.2 Å². The first-order chi connectivity index (χ1) is 11.6. The fraction of sp³-hybridized carbons (Fsp3) is 0.333. The average Bonchev–Trinajstić information content (AvgIpc) is 3.10. The third kappa shape index (κ3) is 3.86. The van der Waals surface area contributed by atoms with Crippen molar-refractivity contribution in [3.05, 3.63) is 58.9 Å². The van der Waals surface area contributed by atoms with E-state index in [0.717, 1.165) is 31.5 Å². The fourth-order valence-electron chi connectivity index (χ4n) is 3.07. The van der Waals surface area contributed by atoms with Gasteiger partial charge in [-0.3, -0.25) is 9.69 Å². The molecule has 1 fully saturated rings. The van der Waals surface area contributed by atoms with Crippen LogP contribution in [-0.2, 0) is 0 Å². The zero-order valence-corrected chi connectivity index (χ0v) is 14.0. The van der Waals surface area contributed by atoms with Gasteiger partial charge >= 0.3 is 0 Å². The number of nitrogens with one attached hydrogen (secondary N) is 1. The van der Waals surface area contributed by atoms with E-state index in [4.69, 9.17) is 11.6 Å². The SMILES string of the molecule is O=C(NC[C@H](c1cccc(Cl)c1)N1CCCC1)c1ncccc1O. The molecule has 0 radical (unpaired) electrons. The minimum Gasteiger partial charge on any atom is -0.505 e. The first kappa shape index (κ1) is 16.7. The van der Waals surface area contributed by atoms with Gasteiger partial charge in [0.1, 0.15) is 5.75 Å². The summed E-state index contributed by atoms with van der Waals surface area (Å²) in [5.74, 6) is -0.491. The lowest BCUT2D eigenvalue weighted by atomic mass is 10.1. The summed E-state index contributed by atoms with van der Waals surface area (Å²) >= 11 is 6.13. The van der Waals surface area contributed by atoms with Gasteiger partial charge in [-0.15, -0.1) is 0 Å². The van der Waals surface area contributed by atoms with Crippen LogP contribution in [0.1, 0.15) is 34.9 Å². The molecule has 0 unspecified atom stereocenters. The van der Waals surface area contributed by atoms with Crippen LogP contribution in [0.25, 0.3) is 0 Å². The number of aromatic hydroxyl groups is 1. The second-order valence-corrected chi connectivity index (χ2v) is 6.33. The van der Waals surface area contributed by atoms with Crippen LogP contribution in [0.15, 0.2) is 42.6 Å². The van der Waals surface area contributed by atoms with Crippen molar-refractivity contribution in [2.75, 3.05) is 19.6 Å². The summed E-state index contributed by atoms with van der Waals surface area (Å²) in [6.45, 7) is 2.44. The molecule has 1 saturated heterocycles. The highest BCUT2D eigenvalue weighted by Crippen LogP contribution is 2.26. The maximum Gasteiger partial charge on any atom is 0.273 e. The largest absolute Gasteiger partial charge is 0.505 e. The Bertz CT molecular complexity index is 717. The van der Waals surface area contributed by atoms with Crippen LogP contribution in [-0.4, -0.2) is 40.5 Å². The van der Waals surface area contributed by atoms with Crippen molar-refractivity contribution in [2.24, 2.45) is 0 Å². The molecule has 24 heavy (non-hydrogen) atoms. The number of halogens is 1. The number of hydrogen-bond acceptors (Lipinski definition) is 4. The van der Waals surface area contributed by atoms with Crippen molar-refractivity contribution >= 4 is 17.5 Å². The van der Waals surface area contributed by atoms with Gasteiger partial charge < -0.3 is 10.4 Å². The molecule has 2 aromatic rings. The summed E-state index contributed by atoms with van der Waals surface area (Å²) < 4.78 is 0. The minimum atomic E-state index is -0.376. The first-order valence-electron chi connectivity index (χ1n) is 8.07. The lowest BCUT2D eigenvalue weighted by molar-refractivity contribution is 0.0930. The highest BCUT2D eigenvalue weighted by Gasteiger charge is 2.24. The second kappa shape index (κ2) is 7.64. The van der Waals surface area contributed by atoms with E-state index in [9.17, 15) is 9.90 Å². The lowest BCUT2D eigenvalue weighted by Gasteiger charge is -2.28. The summed E-state index contributed by atoms with van der Waals surface area (Å²) in [4.78, 5) is 18.6. The maximum absolute atomic E-state index is 12.3. The predicted octanol–water partition coefficient (Wildman–Crippen LogP) is 3.01. The number of carbonyl (C=O) groups excluding carboxylic acids is 1. The Morgan fingerprint density at radius 3 is 2.79 bits per heavy atom. The Labute approximate surface area is 146 Å². The van der Waals surface area contributed by atoms with Crippen molar-refractivity contribution < 1.29 is 9.90 Å². The number of likely N-dealkylation sites (tertiary alicyclic amines) is 1. The summed E-state index contributed by atoms with van der Waals surface area (Å²) in [5.41, 5.74) is 1.12. The zero-order valence-electron chi connectivity index (χ0n) is 13.3. The molecular formula is C18H20ClN3O2. The first-order valence-corrected chi connectivity index (χ1v) is 8.44. The molecule has 2 heterocycles. The van der Waals surface area contributed by atoms with Crippen LogP contribution in [0.5, 0.6) is 5.75 Å². The molecule has 5 nitrogen and oxygen atoms in total. The Hall–Kier alpha value is -2.11. The van der Waals surface area contributed by atoms with E-state index in [1.807, 2.05) is 24.3 Å². The smallest absolute Gasteiger partial charge is 0.273 e. The van der Waals surface area contributed by atoms with Gasteiger partial charge in [-0.1, -0.05) is 23.7 Å². The van der Waals surface area contributed by atoms with Crippen LogP contribution in [0.3, 0.4) is 0 Å². The van der Waals surface area contributed by atoms with E-state index < -0.39 is 0 Å². The predicted molar refractivity (Wildman–Crippen MR) is 93.2 cm³/mol. The third-order valence-electron chi connectivity index (χ3n) is 4.27. The average molecular weight is 346 g/mol. The summed E-state index contributed by atoms with van der Waals surface area (Å²) in [7, 11) is 0. The maximum atomic E-state index is 12.3. The number of rotatable bonds is 5. The Morgan fingerprint density at radius 2 is 2.08 bits per heavy atom. The molecule has 1 amide bonds. The molecule has 0 aliphatic carbocycles. The van der Waals surface area contributed by atoms with Gasteiger partial charge in [0.25, 0.3) is 5.91 Å². The van der Waals surface area contributed by atoms with E-state index in [-0.39, 0.29) is 23.4 Å². The molecule has 3 rings (SSSR count). The van der Waals surface area contributed by atoms with Gasteiger partial charge in [0, 0.05) is 17.8 Å². The number of hydrogen-bond donors (Lipinski definition) is 2. The van der Waals surface area contributed by atoms with E-state index in [1.165, 1.54) is 12.3 Å². The van der Waals surface area contributed by atoms with Crippen molar-refractivity contribution in [3.63, 3.8) is 0 Å². The van der Waals surface area contributed by atoms with Gasteiger partial charge in [0.05, 0.1) is 6.04 Å². The summed E-state index contributed by atoms with van der Waals surface area (Å²) in [5, 5.41) is 13.3. The van der Waals surface area contributed by atoms with Crippen LogP contribution >= 0.6 is 11.6 Å². The number of carbonyl (C=O) groups is 1. The van der Waals surface area contributed by atoms with Crippen LogP contribution in [0.2, 0.25) is 5.02 Å². The number of pyridine rings is 1. The number of aromatic nitrogens is 1. The summed E-state index contributed by atoms with van der Waals surface area (Å²) in [6, 6.07) is 10.8. The molecule has 2 N–H and O–H groups in total. The highest BCUT2D eigenvalue weighted by molar-refractivity contribution is 6.30. The molecule has 1 aromatic carbocycles. The van der Waals surface area contributed by atoms with Crippen LogP contribution in [0.4, 0.5) is 0 Å². The monoisotopic (exact) mass is 345 g/mol. The van der Waals surface area contributed by atoms with Crippen molar-refractivity contribution in [1.82, 2.24) is 15.2 Å². The number of benzene rings is 1. The topological polar surface area (TPSA) is 65.5 Å². The molecule has 126 valence electrons. The Balaban J connectivity index is 1.75. The molecule has 1 aliphatic heterocycles. The van der Waals surface area contributed by atoms with Gasteiger partial charge in [-0.2, -0.15) is 0 Å². The molecular weight excluding hydrogens is 326 g/mol. The van der Waals surface area contributed by atoms with Crippen molar-refractivity contribution in [1.29, 1.82) is 0 Å². The Kier molecular flexibility index (Phi) is 5.33. The fourth-order valence-corrected chi connectivity index (χ4v) is 3.27. The quantitative estimate of drug-likeness (QED) is 0.874. The van der Waals surface area contributed by atoms with Crippen molar-refractivity contribution in [3.8, 4) is 5.75 Å². The Morgan fingerprint density at radius 1 is 1.29 bits per heavy atom. The van der Waals surface area contributed by atoms with E-state index in [1.54, 1.807) is 6.07 Å². The standard InChI is InChI=1S/C18H20ClN3O2/c19-14-6-3-5-13(11-14)15(22-9-1-2-10-22)12-21-18(24)17-16(23)7-4-8-20-17/h3-8,11,15,23H,1-2,9-10,12H2,(H,21,24)/t15-/m1/s1. The zero-order chi connectivity index (χ0) is 16.9. The van der Waals surface area contributed by atoms with Crippen LogP contribution < -0.4 is 5.32 Å². The molecule has 1 aliphatic rings. The van der Waals surface area contributed by atoms with Gasteiger partial charge in [0.15, 0.2) is 5.69 Å². The summed E-state index contributed by atoms with van der Waals surface area (Å²) in [6.07, 6.45) is 3.81. The van der Waals surface area contributed by atoms with E-state index in [0.29, 0.717) is 11.6 Å². The normalized spacial score (nSPS) is 16.0. The third-order valence-corrected chi connectivity index (χ3v) is 4.51. The molecule has 1 aromatic heterocycles. The van der Waals surface area contributed by atoms with Gasteiger partial charge in [-0.25, -0.2) is 4.98 Å². The molecule has 0 saturated carbocycles. The molecule has 0 bridgehead atoms. The van der Waals surface area contributed by atoms with E-state index >= 15 is 0 Å². The molecule has 1 atom stereocenters. The lowest BCUT2D eigenvalue weighted by Crippen LogP contribution is -2.37. The number of amides is 1. The molecule has 6 heteroatoms. The minimum absolute atomic E-state index is 0.0452. The van der Waals surface area contributed by atoms with Crippen LogP contribution in [0, 0.1) is 0 Å². The van der Waals surface area contributed by atoms with Gasteiger partial charge in [-0.05, 0) is 55.8 Å². The van der Waals surface area contributed by atoms with Crippen molar-refractivity contribution in [2.45, 2.75) is 18.9 Å².